The number of morpholine rings is 1. The highest BCUT2D eigenvalue weighted by Crippen LogP contribution is 2.39. The fraction of sp³-hybridized carbons (Fsp3) is 0.529. The maximum atomic E-state index is 12.8. The highest BCUT2D eigenvalue weighted by Gasteiger charge is 2.50. The molecule has 2 saturated heterocycles. The lowest BCUT2D eigenvalue weighted by molar-refractivity contribution is -0.138. The van der Waals surface area contributed by atoms with E-state index in [4.69, 9.17) is 4.74 Å². The van der Waals surface area contributed by atoms with Gasteiger partial charge in [-0.05, 0) is 18.5 Å². The fourth-order valence-electron chi connectivity index (χ4n) is 3.38. The lowest BCUT2D eigenvalue weighted by Crippen LogP contribution is -2.42. The molecule has 0 unspecified atom stereocenters. The Morgan fingerprint density at radius 1 is 1.14 bits per heavy atom. The Kier molecular flexibility index (Phi) is 4.27. The number of carbonyl (C=O) groups is 2. The van der Waals surface area contributed by atoms with Crippen LogP contribution in [0.25, 0.3) is 0 Å². The van der Waals surface area contributed by atoms with E-state index in [0.717, 1.165) is 38.4 Å². The molecule has 1 atom stereocenters. The zero-order valence-electron chi connectivity index (χ0n) is 13.0. The molecule has 0 spiro atoms. The maximum absolute atomic E-state index is 12.8. The van der Waals surface area contributed by atoms with Gasteiger partial charge in [-0.1, -0.05) is 30.3 Å². The van der Waals surface area contributed by atoms with Crippen LogP contribution in [0.15, 0.2) is 30.3 Å². The molecule has 3 rings (SSSR count). The number of likely N-dealkylation sites (N-methyl/N-ethyl adjacent to an activating group) is 1. The Hall–Kier alpha value is -1.72. The van der Waals surface area contributed by atoms with Crippen LogP contribution in [-0.2, 0) is 19.7 Å². The summed E-state index contributed by atoms with van der Waals surface area (Å²) in [5.41, 5.74) is 0.247. The summed E-state index contributed by atoms with van der Waals surface area (Å²) in [6, 6.07) is 9.72. The summed E-state index contributed by atoms with van der Waals surface area (Å²) in [7, 11) is 1.59. The molecule has 1 aromatic carbocycles. The van der Waals surface area contributed by atoms with E-state index in [0.29, 0.717) is 6.42 Å². The number of benzene rings is 1. The van der Waals surface area contributed by atoms with Crippen molar-refractivity contribution in [2.45, 2.75) is 18.3 Å². The monoisotopic (exact) mass is 302 g/mol. The highest BCUT2D eigenvalue weighted by molar-refractivity contribution is 6.08. The number of hydrogen-bond donors (Lipinski definition) is 0. The molecule has 0 saturated carbocycles. The SMILES string of the molecule is CN1C(=O)C[C@@](CCN2CCOCC2)(c2ccccc2)C1=O. The molecule has 118 valence electrons. The van der Waals surface area contributed by atoms with Gasteiger partial charge in [-0.15, -0.1) is 0 Å². The second kappa shape index (κ2) is 6.18. The molecule has 0 aliphatic carbocycles. The summed E-state index contributed by atoms with van der Waals surface area (Å²) in [6.07, 6.45) is 0.947. The first kappa shape index (κ1) is 15.2. The van der Waals surface area contributed by atoms with Crippen LogP contribution in [0.4, 0.5) is 0 Å². The molecule has 2 amide bonds. The average Bonchev–Trinajstić information content (AvgIpc) is 2.80. The van der Waals surface area contributed by atoms with E-state index in [2.05, 4.69) is 4.90 Å². The summed E-state index contributed by atoms with van der Waals surface area (Å²) >= 11 is 0. The number of nitrogens with zero attached hydrogens (tertiary/aromatic N) is 2. The van der Waals surface area contributed by atoms with Crippen LogP contribution in [0.3, 0.4) is 0 Å². The van der Waals surface area contributed by atoms with Crippen molar-refractivity contribution in [3.05, 3.63) is 35.9 Å². The van der Waals surface area contributed by atoms with Crippen LogP contribution < -0.4 is 0 Å². The van der Waals surface area contributed by atoms with Crippen molar-refractivity contribution in [2.24, 2.45) is 0 Å². The first-order chi connectivity index (χ1) is 10.6. The molecule has 0 radical (unpaired) electrons. The third kappa shape index (κ3) is 2.66. The number of amides is 2. The van der Waals surface area contributed by atoms with Gasteiger partial charge in [-0.25, -0.2) is 0 Å². The molecule has 1 aromatic rings. The second-order valence-corrected chi connectivity index (χ2v) is 6.09. The van der Waals surface area contributed by atoms with Crippen LogP contribution in [-0.4, -0.2) is 61.5 Å². The Balaban J connectivity index is 1.84. The normalized spacial score (nSPS) is 26.7. The van der Waals surface area contributed by atoms with E-state index < -0.39 is 5.41 Å². The van der Waals surface area contributed by atoms with Crippen molar-refractivity contribution in [3.63, 3.8) is 0 Å². The molecule has 5 nitrogen and oxygen atoms in total. The minimum absolute atomic E-state index is 0.0723. The minimum Gasteiger partial charge on any atom is -0.379 e. The average molecular weight is 302 g/mol. The van der Waals surface area contributed by atoms with Crippen LogP contribution in [0.5, 0.6) is 0 Å². The van der Waals surface area contributed by atoms with Gasteiger partial charge in [0, 0.05) is 26.6 Å². The van der Waals surface area contributed by atoms with E-state index in [1.165, 1.54) is 4.90 Å². The van der Waals surface area contributed by atoms with Crippen molar-refractivity contribution >= 4 is 11.8 Å². The topological polar surface area (TPSA) is 49.9 Å². The van der Waals surface area contributed by atoms with Crippen molar-refractivity contribution < 1.29 is 14.3 Å². The fourth-order valence-corrected chi connectivity index (χ4v) is 3.38. The molecular formula is C17H22N2O3. The predicted molar refractivity (Wildman–Crippen MR) is 82.4 cm³/mol. The lowest BCUT2D eigenvalue weighted by Gasteiger charge is -2.32. The van der Waals surface area contributed by atoms with Crippen LogP contribution >= 0.6 is 0 Å². The number of likely N-dealkylation sites (tertiary alicyclic amines) is 1. The molecule has 0 bridgehead atoms. The third-order valence-electron chi connectivity index (χ3n) is 4.83. The van der Waals surface area contributed by atoms with E-state index in [9.17, 15) is 9.59 Å². The maximum Gasteiger partial charge on any atom is 0.240 e. The van der Waals surface area contributed by atoms with Crippen molar-refractivity contribution in [2.75, 3.05) is 39.9 Å². The largest absolute Gasteiger partial charge is 0.379 e. The summed E-state index contributed by atoms with van der Waals surface area (Å²) in [5, 5.41) is 0. The number of carbonyl (C=O) groups excluding carboxylic acids is 2. The second-order valence-electron chi connectivity index (χ2n) is 6.09. The van der Waals surface area contributed by atoms with E-state index >= 15 is 0 Å². The summed E-state index contributed by atoms with van der Waals surface area (Å²) in [6.45, 7) is 4.08. The van der Waals surface area contributed by atoms with Gasteiger partial charge in [0.2, 0.25) is 11.8 Å². The van der Waals surface area contributed by atoms with Crippen molar-refractivity contribution in [3.8, 4) is 0 Å². The summed E-state index contributed by atoms with van der Waals surface area (Å²) in [5.74, 6) is -0.159. The van der Waals surface area contributed by atoms with Crippen LogP contribution in [0.1, 0.15) is 18.4 Å². The van der Waals surface area contributed by atoms with Gasteiger partial charge in [0.15, 0.2) is 0 Å². The van der Waals surface area contributed by atoms with Crippen LogP contribution in [0, 0.1) is 0 Å². The number of rotatable bonds is 4. The number of ether oxygens (including phenoxy) is 1. The van der Waals surface area contributed by atoms with E-state index in [1.54, 1.807) is 7.05 Å². The molecule has 5 heteroatoms. The van der Waals surface area contributed by atoms with E-state index in [-0.39, 0.29) is 18.2 Å². The van der Waals surface area contributed by atoms with Crippen LogP contribution in [0.2, 0.25) is 0 Å². The van der Waals surface area contributed by atoms with Crippen molar-refractivity contribution in [1.29, 1.82) is 0 Å². The van der Waals surface area contributed by atoms with Gasteiger partial charge in [0.05, 0.1) is 18.6 Å². The minimum atomic E-state index is -0.703. The Labute approximate surface area is 130 Å². The first-order valence-corrected chi connectivity index (χ1v) is 7.80. The Morgan fingerprint density at radius 3 is 2.41 bits per heavy atom. The zero-order valence-corrected chi connectivity index (χ0v) is 13.0. The molecule has 22 heavy (non-hydrogen) atoms. The molecule has 2 heterocycles. The molecule has 2 aliphatic rings. The highest BCUT2D eigenvalue weighted by atomic mass is 16.5. The van der Waals surface area contributed by atoms with Gasteiger partial charge < -0.3 is 4.74 Å². The molecular weight excluding hydrogens is 280 g/mol. The quantitative estimate of drug-likeness (QED) is 0.780. The van der Waals surface area contributed by atoms with Gasteiger partial charge in [-0.2, -0.15) is 0 Å². The third-order valence-corrected chi connectivity index (χ3v) is 4.83. The predicted octanol–water partition coefficient (Wildman–Crippen LogP) is 1.04. The first-order valence-electron chi connectivity index (χ1n) is 7.80. The molecule has 2 fully saturated rings. The summed E-state index contributed by atoms with van der Waals surface area (Å²) < 4.78 is 5.37. The van der Waals surface area contributed by atoms with Gasteiger partial charge in [-0.3, -0.25) is 19.4 Å². The van der Waals surface area contributed by atoms with Gasteiger partial charge >= 0.3 is 0 Å². The molecule has 0 N–H and O–H groups in total. The van der Waals surface area contributed by atoms with E-state index in [1.807, 2.05) is 30.3 Å². The molecule has 0 aromatic heterocycles. The van der Waals surface area contributed by atoms with Gasteiger partial charge in [0.25, 0.3) is 0 Å². The zero-order chi connectivity index (χ0) is 15.6. The van der Waals surface area contributed by atoms with Crippen molar-refractivity contribution in [1.82, 2.24) is 9.80 Å². The lowest BCUT2D eigenvalue weighted by atomic mass is 9.76. The molecule has 2 aliphatic heterocycles. The Bertz CT molecular complexity index is 554. The summed E-state index contributed by atoms with van der Waals surface area (Å²) in [4.78, 5) is 28.5. The van der Waals surface area contributed by atoms with Gasteiger partial charge in [0.1, 0.15) is 0 Å². The number of hydrogen-bond acceptors (Lipinski definition) is 4. The standard InChI is InChI=1S/C17H22N2O3/c1-18-15(20)13-17(16(18)21,14-5-3-2-4-6-14)7-8-19-9-11-22-12-10-19/h2-6H,7-13H2,1H3/t17-/m0/s1. The number of imide groups is 1. The Morgan fingerprint density at radius 2 is 1.82 bits per heavy atom. The smallest absolute Gasteiger partial charge is 0.240 e.